The van der Waals surface area contributed by atoms with Crippen molar-refractivity contribution in [2.45, 2.75) is 25.8 Å². The van der Waals surface area contributed by atoms with Gasteiger partial charge in [-0.05, 0) is 37.0 Å². The van der Waals surface area contributed by atoms with Crippen LogP contribution in [-0.4, -0.2) is 22.8 Å². The molecule has 0 radical (unpaired) electrons. The van der Waals surface area contributed by atoms with E-state index < -0.39 is 0 Å². The molecule has 3 rings (SSSR count). The summed E-state index contributed by atoms with van der Waals surface area (Å²) >= 11 is 7.66. The van der Waals surface area contributed by atoms with Gasteiger partial charge in [-0.25, -0.2) is 4.98 Å². The first kappa shape index (κ1) is 14.5. The number of aromatic nitrogens is 1. The first-order valence-corrected chi connectivity index (χ1v) is 8.16. The Morgan fingerprint density at radius 3 is 3.00 bits per heavy atom. The number of amides is 1. The smallest absolute Gasteiger partial charge is 0.226 e. The van der Waals surface area contributed by atoms with E-state index in [1.54, 1.807) is 11.3 Å². The number of halogens is 1. The quantitative estimate of drug-likeness (QED) is 0.857. The van der Waals surface area contributed by atoms with Gasteiger partial charge in [-0.2, -0.15) is 0 Å². The van der Waals surface area contributed by atoms with Crippen molar-refractivity contribution in [3.8, 4) is 0 Å². The first-order valence-electron chi connectivity index (χ1n) is 6.96. The first-order chi connectivity index (χ1) is 10.0. The van der Waals surface area contributed by atoms with E-state index in [0.717, 1.165) is 21.3 Å². The third-order valence-corrected chi connectivity index (χ3v) is 4.96. The molecule has 1 aliphatic carbocycles. The molecule has 2 atom stereocenters. The lowest BCUT2D eigenvalue weighted by Gasteiger charge is -2.16. The molecule has 3 nitrogen and oxygen atoms in total. The Balaban J connectivity index is 1.62. The molecule has 2 aromatic rings. The number of benzene rings is 1. The molecule has 1 saturated carbocycles. The van der Waals surface area contributed by atoms with Gasteiger partial charge in [0.2, 0.25) is 5.91 Å². The Hall–Kier alpha value is -1.39. The molecule has 1 aromatic carbocycles. The lowest BCUT2D eigenvalue weighted by atomic mass is 10.1. The van der Waals surface area contributed by atoms with Crippen molar-refractivity contribution in [1.82, 2.24) is 9.88 Å². The fraction of sp³-hybridized carbons (Fsp3) is 0.375. The SMILES string of the molecule is Cc1ncc(CN(C)C(=O)C2CC2c2cccc(Cl)c2)s1. The van der Waals surface area contributed by atoms with Crippen LogP contribution in [0.5, 0.6) is 0 Å². The number of carbonyl (C=O) groups excluding carboxylic acids is 1. The second kappa shape index (κ2) is 5.78. The molecule has 0 N–H and O–H groups in total. The Morgan fingerprint density at radius 1 is 1.52 bits per heavy atom. The number of nitrogens with zero attached hydrogens (tertiary/aromatic N) is 2. The van der Waals surface area contributed by atoms with Crippen molar-refractivity contribution in [1.29, 1.82) is 0 Å². The van der Waals surface area contributed by atoms with Crippen molar-refractivity contribution < 1.29 is 4.79 Å². The molecule has 1 amide bonds. The Morgan fingerprint density at radius 2 is 2.33 bits per heavy atom. The van der Waals surface area contributed by atoms with E-state index in [0.29, 0.717) is 12.5 Å². The van der Waals surface area contributed by atoms with Crippen LogP contribution in [0.15, 0.2) is 30.5 Å². The van der Waals surface area contributed by atoms with Gasteiger partial charge in [0.1, 0.15) is 0 Å². The Labute approximate surface area is 133 Å². The average Bonchev–Trinajstić information content (AvgIpc) is 3.15. The van der Waals surface area contributed by atoms with Gasteiger partial charge < -0.3 is 4.90 Å². The number of carbonyl (C=O) groups is 1. The van der Waals surface area contributed by atoms with Crippen LogP contribution in [0.25, 0.3) is 0 Å². The van der Waals surface area contributed by atoms with Crippen LogP contribution in [0.3, 0.4) is 0 Å². The summed E-state index contributed by atoms with van der Waals surface area (Å²) in [6, 6.07) is 7.83. The summed E-state index contributed by atoms with van der Waals surface area (Å²) < 4.78 is 0. The molecule has 1 aromatic heterocycles. The number of rotatable bonds is 4. The zero-order chi connectivity index (χ0) is 15.0. The summed E-state index contributed by atoms with van der Waals surface area (Å²) in [7, 11) is 1.87. The van der Waals surface area contributed by atoms with Crippen LogP contribution in [0.4, 0.5) is 0 Å². The number of hydrogen-bond donors (Lipinski definition) is 0. The molecule has 2 unspecified atom stereocenters. The van der Waals surface area contributed by atoms with Crippen molar-refractivity contribution in [2.75, 3.05) is 7.05 Å². The van der Waals surface area contributed by atoms with E-state index >= 15 is 0 Å². The molecule has 1 fully saturated rings. The average molecular weight is 321 g/mol. The third kappa shape index (κ3) is 3.27. The number of aryl methyl sites for hydroxylation is 1. The maximum absolute atomic E-state index is 12.5. The minimum Gasteiger partial charge on any atom is -0.340 e. The van der Waals surface area contributed by atoms with E-state index in [1.165, 1.54) is 5.56 Å². The molecule has 1 heterocycles. The predicted molar refractivity (Wildman–Crippen MR) is 85.6 cm³/mol. The maximum atomic E-state index is 12.5. The minimum atomic E-state index is 0.0995. The molecule has 0 bridgehead atoms. The van der Waals surface area contributed by atoms with Gasteiger partial charge in [-0.3, -0.25) is 4.79 Å². The molecule has 0 saturated heterocycles. The van der Waals surface area contributed by atoms with Gasteiger partial charge in [-0.1, -0.05) is 23.7 Å². The van der Waals surface area contributed by atoms with Crippen molar-refractivity contribution in [3.63, 3.8) is 0 Å². The van der Waals surface area contributed by atoms with E-state index in [2.05, 4.69) is 11.1 Å². The summed E-state index contributed by atoms with van der Waals surface area (Å²) in [6.07, 6.45) is 2.77. The second-order valence-corrected chi connectivity index (χ2v) is 7.30. The standard InChI is InChI=1S/C16H17ClN2OS/c1-10-18-8-13(21-10)9-19(2)16(20)15-7-14(15)11-4-3-5-12(17)6-11/h3-6,8,14-15H,7,9H2,1-2H3. The lowest BCUT2D eigenvalue weighted by molar-refractivity contribution is -0.131. The highest BCUT2D eigenvalue weighted by Crippen LogP contribution is 2.48. The largest absolute Gasteiger partial charge is 0.340 e. The molecule has 0 aliphatic heterocycles. The fourth-order valence-corrected chi connectivity index (χ4v) is 3.69. The maximum Gasteiger partial charge on any atom is 0.226 e. The molecule has 21 heavy (non-hydrogen) atoms. The monoisotopic (exact) mass is 320 g/mol. The minimum absolute atomic E-state index is 0.0995. The highest BCUT2D eigenvalue weighted by molar-refractivity contribution is 7.11. The highest BCUT2D eigenvalue weighted by Gasteiger charge is 2.45. The fourth-order valence-electron chi connectivity index (χ4n) is 2.65. The molecular formula is C16H17ClN2OS. The topological polar surface area (TPSA) is 33.2 Å². The molecule has 1 aliphatic rings. The number of hydrogen-bond acceptors (Lipinski definition) is 3. The van der Waals surface area contributed by atoms with Gasteiger partial charge in [0.25, 0.3) is 0 Å². The van der Waals surface area contributed by atoms with Crippen LogP contribution in [-0.2, 0) is 11.3 Å². The number of thiazole rings is 1. The van der Waals surface area contributed by atoms with Gasteiger partial charge in [0, 0.05) is 29.1 Å². The van der Waals surface area contributed by atoms with E-state index in [4.69, 9.17) is 11.6 Å². The summed E-state index contributed by atoms with van der Waals surface area (Å²) in [5.74, 6) is 0.635. The Bertz CT molecular complexity index is 670. The van der Waals surface area contributed by atoms with Crippen LogP contribution in [0.2, 0.25) is 5.02 Å². The summed E-state index contributed by atoms with van der Waals surface area (Å²) in [6.45, 7) is 2.62. The van der Waals surface area contributed by atoms with Crippen LogP contribution >= 0.6 is 22.9 Å². The van der Waals surface area contributed by atoms with Gasteiger partial charge >= 0.3 is 0 Å². The van der Waals surface area contributed by atoms with Crippen LogP contribution < -0.4 is 0 Å². The third-order valence-electron chi connectivity index (χ3n) is 3.82. The summed E-state index contributed by atoms with van der Waals surface area (Å²) in [4.78, 5) is 19.6. The molecule has 110 valence electrons. The van der Waals surface area contributed by atoms with E-state index in [-0.39, 0.29) is 11.8 Å². The van der Waals surface area contributed by atoms with E-state index in [1.807, 2.05) is 43.3 Å². The van der Waals surface area contributed by atoms with Gasteiger partial charge in [-0.15, -0.1) is 11.3 Å². The summed E-state index contributed by atoms with van der Waals surface area (Å²) in [5, 5.41) is 1.77. The summed E-state index contributed by atoms with van der Waals surface area (Å²) in [5.41, 5.74) is 1.17. The lowest BCUT2D eigenvalue weighted by Crippen LogP contribution is -2.27. The Kier molecular flexibility index (Phi) is 4.00. The van der Waals surface area contributed by atoms with Crippen molar-refractivity contribution >= 4 is 28.8 Å². The molecule has 0 spiro atoms. The predicted octanol–water partition coefficient (Wildman–Crippen LogP) is 3.87. The zero-order valence-corrected chi connectivity index (χ0v) is 13.6. The van der Waals surface area contributed by atoms with E-state index in [9.17, 15) is 4.79 Å². The van der Waals surface area contributed by atoms with Crippen molar-refractivity contribution in [2.24, 2.45) is 5.92 Å². The molecular weight excluding hydrogens is 304 g/mol. The van der Waals surface area contributed by atoms with Crippen LogP contribution in [0.1, 0.15) is 27.8 Å². The second-order valence-electron chi connectivity index (χ2n) is 5.54. The van der Waals surface area contributed by atoms with Gasteiger partial charge in [0.15, 0.2) is 0 Å². The van der Waals surface area contributed by atoms with Crippen molar-refractivity contribution in [3.05, 3.63) is 50.9 Å². The van der Waals surface area contributed by atoms with Gasteiger partial charge in [0.05, 0.1) is 11.6 Å². The molecule has 5 heteroatoms. The highest BCUT2D eigenvalue weighted by atomic mass is 35.5. The van der Waals surface area contributed by atoms with Crippen LogP contribution in [0, 0.1) is 12.8 Å². The zero-order valence-electron chi connectivity index (χ0n) is 12.0. The normalized spacial score (nSPS) is 20.3.